The van der Waals surface area contributed by atoms with Crippen LogP contribution in [0.2, 0.25) is 0 Å². The molecule has 0 saturated heterocycles. The molecule has 0 radical (unpaired) electrons. The number of aromatic nitrogens is 3. The van der Waals surface area contributed by atoms with E-state index in [1.807, 2.05) is 20.8 Å². The highest BCUT2D eigenvalue weighted by molar-refractivity contribution is 5.73. The van der Waals surface area contributed by atoms with Crippen molar-refractivity contribution in [2.75, 3.05) is 5.32 Å². The highest BCUT2D eigenvalue weighted by atomic mass is 19.1. The number of carbonyl (C=O) groups excluding carboxylic acids is 1. The Morgan fingerprint density at radius 1 is 1.18 bits per heavy atom. The third-order valence-electron chi connectivity index (χ3n) is 5.71. The van der Waals surface area contributed by atoms with E-state index < -0.39 is 11.4 Å². The predicted octanol–water partition coefficient (Wildman–Crippen LogP) is 4.75. The average Bonchev–Trinajstić information content (AvgIpc) is 2.80. The molecule has 1 aliphatic rings. The van der Waals surface area contributed by atoms with Crippen molar-refractivity contribution in [3.63, 3.8) is 0 Å². The van der Waals surface area contributed by atoms with E-state index in [-0.39, 0.29) is 29.2 Å². The quantitative estimate of drug-likeness (QED) is 0.549. The Balaban J connectivity index is 1.53. The van der Waals surface area contributed by atoms with Gasteiger partial charge in [0.2, 0.25) is 5.95 Å². The monoisotopic (exact) mass is 464 g/mol. The second-order valence-electron chi connectivity index (χ2n) is 9.59. The number of nitrogens with one attached hydrogen (secondary N) is 1. The fraction of sp³-hybridized carbons (Fsp3) is 0.385. The van der Waals surface area contributed by atoms with Crippen LogP contribution in [0.4, 0.5) is 10.3 Å². The maximum Gasteiger partial charge on any atom is 0.309 e. The van der Waals surface area contributed by atoms with Crippen molar-refractivity contribution < 1.29 is 13.9 Å². The summed E-state index contributed by atoms with van der Waals surface area (Å²) in [7, 11) is 0. The molecule has 0 amide bonds. The van der Waals surface area contributed by atoms with Crippen LogP contribution >= 0.6 is 0 Å². The van der Waals surface area contributed by atoms with E-state index in [9.17, 15) is 14.0 Å². The molecule has 0 unspecified atom stereocenters. The highest BCUT2D eigenvalue weighted by Crippen LogP contribution is 2.29. The van der Waals surface area contributed by atoms with Gasteiger partial charge in [-0.25, -0.2) is 14.4 Å². The molecule has 0 bridgehead atoms. The van der Waals surface area contributed by atoms with Crippen molar-refractivity contribution >= 4 is 11.9 Å². The van der Waals surface area contributed by atoms with Crippen molar-refractivity contribution in [1.29, 1.82) is 0 Å². The number of anilines is 1. The maximum absolute atomic E-state index is 14.7. The minimum atomic E-state index is -0.557. The first-order valence-corrected chi connectivity index (χ1v) is 11.5. The standard InChI is InChI=1S/C26H29FN4O3/c1-26(2,3)34-24(33)18-9-6-10-19(14-18)29-25-28-16-21(27)23(30-25)17-8-7-11-20(15-17)31-13-5-4-12-22(31)32/h4-5,7-8,11-13,15-16,18-19H,6,9-10,14H2,1-3H3,(H,28,29,30)/t18-,19+/m1/s1. The molecule has 34 heavy (non-hydrogen) atoms. The van der Waals surface area contributed by atoms with Crippen LogP contribution in [0.1, 0.15) is 46.5 Å². The van der Waals surface area contributed by atoms with E-state index in [0.717, 1.165) is 25.5 Å². The largest absolute Gasteiger partial charge is 0.460 e. The van der Waals surface area contributed by atoms with Gasteiger partial charge in [-0.3, -0.25) is 14.2 Å². The zero-order valence-electron chi connectivity index (χ0n) is 19.6. The van der Waals surface area contributed by atoms with Gasteiger partial charge in [0.1, 0.15) is 11.3 Å². The Bertz CT molecular complexity index is 1230. The van der Waals surface area contributed by atoms with Crippen LogP contribution in [0.3, 0.4) is 0 Å². The molecule has 1 saturated carbocycles. The molecule has 1 aliphatic carbocycles. The molecule has 3 aromatic rings. The average molecular weight is 465 g/mol. The van der Waals surface area contributed by atoms with Gasteiger partial charge in [-0.05, 0) is 58.2 Å². The van der Waals surface area contributed by atoms with Crippen molar-refractivity contribution in [1.82, 2.24) is 14.5 Å². The van der Waals surface area contributed by atoms with Gasteiger partial charge in [-0.2, -0.15) is 0 Å². The second-order valence-corrected chi connectivity index (χ2v) is 9.59. The number of rotatable bonds is 5. The summed E-state index contributed by atoms with van der Waals surface area (Å²) in [6.45, 7) is 5.58. The summed E-state index contributed by atoms with van der Waals surface area (Å²) in [4.78, 5) is 33.2. The number of pyridine rings is 1. The molecule has 0 spiro atoms. The van der Waals surface area contributed by atoms with Crippen LogP contribution in [-0.2, 0) is 9.53 Å². The number of hydrogen-bond donors (Lipinski definition) is 1. The molecule has 1 aromatic carbocycles. The molecule has 1 N–H and O–H groups in total. The first-order chi connectivity index (χ1) is 16.2. The molecule has 0 aliphatic heterocycles. The molecule has 2 aromatic heterocycles. The lowest BCUT2D eigenvalue weighted by atomic mass is 9.85. The van der Waals surface area contributed by atoms with Gasteiger partial charge in [0.05, 0.1) is 12.1 Å². The number of benzene rings is 1. The molecule has 4 rings (SSSR count). The van der Waals surface area contributed by atoms with Crippen molar-refractivity contribution in [2.24, 2.45) is 5.92 Å². The Hall–Kier alpha value is -3.55. The van der Waals surface area contributed by atoms with E-state index >= 15 is 0 Å². The van der Waals surface area contributed by atoms with Gasteiger partial charge in [-0.1, -0.05) is 24.6 Å². The number of nitrogens with zero attached hydrogens (tertiary/aromatic N) is 3. The molecule has 8 heteroatoms. The third kappa shape index (κ3) is 5.68. The van der Waals surface area contributed by atoms with Crippen LogP contribution in [0.15, 0.2) is 59.7 Å². The zero-order chi connectivity index (χ0) is 24.3. The number of ether oxygens (including phenoxy) is 1. The van der Waals surface area contributed by atoms with E-state index in [1.165, 1.54) is 10.6 Å². The summed E-state index contributed by atoms with van der Waals surface area (Å²) in [6.07, 6.45) is 5.94. The van der Waals surface area contributed by atoms with Gasteiger partial charge in [0.25, 0.3) is 5.56 Å². The van der Waals surface area contributed by atoms with E-state index in [4.69, 9.17) is 4.74 Å². The van der Waals surface area contributed by atoms with Crippen molar-refractivity contribution in [2.45, 2.75) is 58.1 Å². The molecular weight excluding hydrogens is 435 g/mol. The van der Waals surface area contributed by atoms with Crippen LogP contribution in [0.5, 0.6) is 0 Å². The summed E-state index contributed by atoms with van der Waals surface area (Å²) < 4.78 is 21.7. The molecule has 2 heterocycles. The SMILES string of the molecule is CC(C)(C)OC(=O)[C@@H]1CCC[C@H](Nc2ncc(F)c(-c3cccc(-n4ccccc4=O)c3)n2)C1. The van der Waals surface area contributed by atoms with Crippen LogP contribution < -0.4 is 10.9 Å². The lowest BCUT2D eigenvalue weighted by molar-refractivity contribution is -0.161. The Morgan fingerprint density at radius 2 is 2.00 bits per heavy atom. The fourth-order valence-electron chi connectivity index (χ4n) is 4.19. The zero-order valence-corrected chi connectivity index (χ0v) is 19.6. The summed E-state index contributed by atoms with van der Waals surface area (Å²) in [5.41, 5.74) is 0.589. The van der Waals surface area contributed by atoms with Crippen molar-refractivity contribution in [3.05, 3.63) is 71.0 Å². The van der Waals surface area contributed by atoms with Crippen LogP contribution in [-0.4, -0.2) is 32.1 Å². The predicted molar refractivity (Wildman–Crippen MR) is 128 cm³/mol. The number of esters is 1. The van der Waals surface area contributed by atoms with Gasteiger partial charge < -0.3 is 10.1 Å². The molecule has 1 fully saturated rings. The maximum atomic E-state index is 14.7. The lowest BCUT2D eigenvalue weighted by Gasteiger charge is -2.30. The topological polar surface area (TPSA) is 86.1 Å². The number of halogens is 1. The minimum absolute atomic E-state index is 0.0150. The first kappa shape index (κ1) is 23.6. The van der Waals surface area contributed by atoms with Crippen LogP contribution in [0.25, 0.3) is 16.9 Å². The number of carbonyl (C=O) groups is 1. The van der Waals surface area contributed by atoms with E-state index in [2.05, 4.69) is 15.3 Å². The Morgan fingerprint density at radius 3 is 2.76 bits per heavy atom. The minimum Gasteiger partial charge on any atom is -0.460 e. The molecule has 7 nitrogen and oxygen atoms in total. The number of hydrogen-bond acceptors (Lipinski definition) is 6. The molecular formula is C26H29FN4O3. The van der Waals surface area contributed by atoms with Gasteiger partial charge in [0.15, 0.2) is 5.82 Å². The lowest BCUT2D eigenvalue weighted by Crippen LogP contribution is -2.35. The summed E-state index contributed by atoms with van der Waals surface area (Å²) in [5, 5.41) is 3.27. The smallest absolute Gasteiger partial charge is 0.309 e. The van der Waals surface area contributed by atoms with E-state index in [0.29, 0.717) is 23.6 Å². The van der Waals surface area contributed by atoms with E-state index in [1.54, 1.807) is 42.6 Å². The second kappa shape index (κ2) is 9.75. The first-order valence-electron chi connectivity index (χ1n) is 11.5. The van der Waals surface area contributed by atoms with Crippen LogP contribution in [0, 0.1) is 11.7 Å². The Labute approximate surface area is 198 Å². The third-order valence-corrected chi connectivity index (χ3v) is 5.71. The summed E-state index contributed by atoms with van der Waals surface area (Å²) >= 11 is 0. The fourth-order valence-corrected chi connectivity index (χ4v) is 4.19. The van der Waals surface area contributed by atoms with Gasteiger partial charge >= 0.3 is 5.97 Å². The van der Waals surface area contributed by atoms with Crippen molar-refractivity contribution in [3.8, 4) is 16.9 Å². The van der Waals surface area contributed by atoms with Gasteiger partial charge in [-0.15, -0.1) is 0 Å². The summed E-state index contributed by atoms with van der Waals surface area (Å²) in [6, 6.07) is 11.9. The summed E-state index contributed by atoms with van der Waals surface area (Å²) in [5.74, 6) is -0.633. The normalized spacial score (nSPS) is 18.4. The highest BCUT2D eigenvalue weighted by Gasteiger charge is 2.31. The van der Waals surface area contributed by atoms with Gasteiger partial charge in [0, 0.05) is 29.6 Å². The molecule has 2 atom stereocenters. The molecule has 178 valence electrons. The Kier molecular flexibility index (Phi) is 6.77.